The lowest BCUT2D eigenvalue weighted by Crippen LogP contribution is -2.06. The van der Waals surface area contributed by atoms with E-state index in [0.717, 1.165) is 22.7 Å². The fraction of sp³-hybridized carbons (Fsp3) is 0.333. The number of hydrogen-bond donors (Lipinski definition) is 0. The van der Waals surface area contributed by atoms with Crippen molar-refractivity contribution in [3.8, 4) is 11.3 Å². The minimum Gasteiger partial charge on any atom is -0.359 e. The molecule has 120 valence electrons. The van der Waals surface area contributed by atoms with Crippen LogP contribution in [0.5, 0.6) is 0 Å². The van der Waals surface area contributed by atoms with Crippen molar-refractivity contribution in [3.63, 3.8) is 0 Å². The first-order valence-electron chi connectivity index (χ1n) is 7.63. The Labute approximate surface area is 145 Å². The Kier molecular flexibility index (Phi) is 4.93. The van der Waals surface area contributed by atoms with Crippen LogP contribution in [0.1, 0.15) is 26.5 Å². The van der Waals surface area contributed by atoms with Crippen LogP contribution in [0.25, 0.3) is 11.3 Å². The van der Waals surface area contributed by atoms with Gasteiger partial charge in [-0.1, -0.05) is 35.0 Å². The van der Waals surface area contributed by atoms with Crippen LogP contribution in [-0.2, 0) is 6.54 Å². The van der Waals surface area contributed by atoms with Crippen molar-refractivity contribution in [2.75, 3.05) is 0 Å². The molecule has 1 aliphatic rings. The van der Waals surface area contributed by atoms with Gasteiger partial charge >= 0.3 is 0 Å². The lowest BCUT2D eigenvalue weighted by atomic mass is 10.1. The first-order valence-corrected chi connectivity index (χ1v) is 8.95. The topological polar surface area (TPSA) is 38.4 Å². The van der Waals surface area contributed by atoms with Crippen molar-refractivity contribution in [1.29, 1.82) is 0 Å². The second-order valence-electron chi connectivity index (χ2n) is 5.69. The molecule has 0 saturated heterocycles. The van der Waals surface area contributed by atoms with E-state index in [2.05, 4.69) is 37.0 Å². The second-order valence-corrected chi connectivity index (χ2v) is 7.85. The van der Waals surface area contributed by atoms with Gasteiger partial charge in [-0.15, -0.1) is 11.8 Å². The molecule has 1 aliphatic heterocycles. The zero-order chi connectivity index (χ0) is 16.4. The molecule has 2 aromatic rings. The monoisotopic (exact) mass is 346 g/mol. The van der Waals surface area contributed by atoms with Crippen molar-refractivity contribution in [3.05, 3.63) is 52.8 Å². The summed E-state index contributed by atoms with van der Waals surface area (Å²) in [6.07, 6.45) is 2.30. The van der Waals surface area contributed by atoms with Crippen LogP contribution in [-0.4, -0.2) is 21.4 Å². The Bertz CT molecular complexity index is 749. The minimum absolute atomic E-state index is 0.508. The summed E-state index contributed by atoms with van der Waals surface area (Å²) in [4.78, 5) is 4.66. The van der Waals surface area contributed by atoms with E-state index in [1.54, 1.807) is 0 Å². The van der Waals surface area contributed by atoms with Crippen molar-refractivity contribution in [1.82, 2.24) is 5.16 Å². The van der Waals surface area contributed by atoms with E-state index in [-0.39, 0.29) is 0 Å². The molecule has 0 N–H and O–H groups in total. The van der Waals surface area contributed by atoms with Gasteiger partial charge in [-0.05, 0) is 38.5 Å². The Morgan fingerprint density at radius 3 is 2.70 bits per heavy atom. The molecular formula is C18H19ClN2OS. The van der Waals surface area contributed by atoms with E-state index in [4.69, 9.17) is 16.1 Å². The van der Waals surface area contributed by atoms with E-state index >= 15 is 0 Å². The van der Waals surface area contributed by atoms with E-state index in [1.807, 2.05) is 42.1 Å². The largest absolute Gasteiger partial charge is 0.359 e. The van der Waals surface area contributed by atoms with Crippen molar-refractivity contribution < 1.29 is 4.52 Å². The number of aromatic nitrogens is 1. The lowest BCUT2D eigenvalue weighted by molar-refractivity contribution is 0.387. The van der Waals surface area contributed by atoms with E-state index < -0.39 is 0 Å². The molecule has 2 heterocycles. The molecule has 1 aromatic carbocycles. The highest BCUT2D eigenvalue weighted by molar-refractivity contribution is 8.01. The predicted molar refractivity (Wildman–Crippen MR) is 98.4 cm³/mol. The maximum atomic E-state index is 5.90. The average molecular weight is 347 g/mol. The number of benzene rings is 1. The minimum atomic E-state index is 0.508. The van der Waals surface area contributed by atoms with Crippen molar-refractivity contribution in [2.45, 2.75) is 37.8 Å². The van der Waals surface area contributed by atoms with Gasteiger partial charge in [0.1, 0.15) is 12.2 Å². The molecule has 23 heavy (non-hydrogen) atoms. The first-order chi connectivity index (χ1) is 11.0. The molecule has 2 unspecified atom stereocenters. The Morgan fingerprint density at radius 1 is 1.30 bits per heavy atom. The van der Waals surface area contributed by atoms with Gasteiger partial charge in [-0.25, -0.2) is 0 Å². The van der Waals surface area contributed by atoms with Crippen LogP contribution in [0.15, 0.2) is 51.5 Å². The molecule has 5 heteroatoms. The van der Waals surface area contributed by atoms with E-state index in [1.165, 1.54) is 5.57 Å². The molecule has 0 aliphatic carbocycles. The smallest absolute Gasteiger partial charge is 0.158 e. The average Bonchev–Trinajstić information content (AvgIpc) is 3.12. The molecule has 2 atom stereocenters. The normalized spacial score (nSPS) is 21.6. The summed E-state index contributed by atoms with van der Waals surface area (Å²) in [5.41, 5.74) is 4.21. The molecule has 0 amide bonds. The van der Waals surface area contributed by atoms with Crippen LogP contribution in [0.2, 0.25) is 5.02 Å². The van der Waals surface area contributed by atoms with Crippen LogP contribution in [0.3, 0.4) is 0 Å². The number of hydrogen-bond acceptors (Lipinski definition) is 4. The zero-order valence-corrected chi connectivity index (χ0v) is 15.0. The third-order valence-electron chi connectivity index (χ3n) is 3.86. The third kappa shape index (κ3) is 3.88. The summed E-state index contributed by atoms with van der Waals surface area (Å²) in [6.45, 7) is 7.02. The Morgan fingerprint density at radius 2 is 2.04 bits per heavy atom. The number of rotatable bonds is 4. The Balaban J connectivity index is 1.71. The molecule has 1 aromatic heterocycles. The first kappa shape index (κ1) is 16.3. The highest BCUT2D eigenvalue weighted by Crippen LogP contribution is 2.33. The molecule has 3 nitrogen and oxygen atoms in total. The van der Waals surface area contributed by atoms with Gasteiger partial charge in [0.2, 0.25) is 0 Å². The standard InChI is InChI=1S/C18H19ClN2OS/c1-11-8-17(13(3)23-11)12(2)20-10-16-9-18(21-22-16)14-4-6-15(19)7-5-14/h4-9,11,13H,10H2,1-3H3. The van der Waals surface area contributed by atoms with Gasteiger partial charge < -0.3 is 4.52 Å². The fourth-order valence-corrected chi connectivity index (χ4v) is 4.06. The summed E-state index contributed by atoms with van der Waals surface area (Å²) in [5, 5.41) is 5.89. The number of aliphatic imine (C=N–C) groups is 1. The number of thioether (sulfide) groups is 1. The number of nitrogens with zero attached hydrogens (tertiary/aromatic N) is 2. The maximum absolute atomic E-state index is 5.90. The molecule has 0 fully saturated rings. The van der Waals surface area contributed by atoms with Crippen LogP contribution in [0.4, 0.5) is 0 Å². The lowest BCUT2D eigenvalue weighted by Gasteiger charge is -2.07. The van der Waals surface area contributed by atoms with Crippen LogP contribution < -0.4 is 0 Å². The summed E-state index contributed by atoms with van der Waals surface area (Å²) >= 11 is 7.87. The summed E-state index contributed by atoms with van der Waals surface area (Å²) in [5.74, 6) is 0.765. The van der Waals surface area contributed by atoms with E-state index in [9.17, 15) is 0 Å². The molecule has 3 rings (SSSR count). The van der Waals surface area contributed by atoms with Gasteiger partial charge in [0.25, 0.3) is 0 Å². The Hall–Kier alpha value is -1.52. The summed E-state index contributed by atoms with van der Waals surface area (Å²) < 4.78 is 5.40. The van der Waals surface area contributed by atoms with E-state index in [0.29, 0.717) is 22.1 Å². The molecule has 0 spiro atoms. The van der Waals surface area contributed by atoms with Gasteiger partial charge in [-0.3, -0.25) is 4.99 Å². The molecule has 0 saturated carbocycles. The molecule has 0 radical (unpaired) electrons. The molecular weight excluding hydrogens is 328 g/mol. The third-order valence-corrected chi connectivity index (χ3v) is 5.34. The van der Waals surface area contributed by atoms with Crippen LogP contribution >= 0.6 is 23.4 Å². The summed E-state index contributed by atoms with van der Waals surface area (Å²) in [7, 11) is 0. The predicted octanol–water partition coefficient (Wildman–Crippen LogP) is 5.41. The number of halogens is 1. The van der Waals surface area contributed by atoms with Crippen molar-refractivity contribution in [2.24, 2.45) is 4.99 Å². The van der Waals surface area contributed by atoms with Crippen molar-refractivity contribution >= 4 is 29.1 Å². The SMILES string of the molecule is CC(=NCc1cc(-c2ccc(Cl)cc2)no1)C1=CC(C)SC1C. The highest BCUT2D eigenvalue weighted by Gasteiger charge is 2.22. The van der Waals surface area contributed by atoms with Gasteiger partial charge in [0.05, 0.1) is 0 Å². The second kappa shape index (κ2) is 6.93. The van der Waals surface area contributed by atoms with Crippen LogP contribution in [0, 0.1) is 0 Å². The van der Waals surface area contributed by atoms with Gasteiger partial charge in [-0.2, -0.15) is 0 Å². The van der Waals surface area contributed by atoms with Gasteiger partial charge in [0.15, 0.2) is 5.76 Å². The highest BCUT2D eigenvalue weighted by atomic mass is 35.5. The molecule has 0 bridgehead atoms. The zero-order valence-electron chi connectivity index (χ0n) is 13.4. The maximum Gasteiger partial charge on any atom is 0.158 e. The fourth-order valence-electron chi connectivity index (χ4n) is 2.67. The summed E-state index contributed by atoms with van der Waals surface area (Å²) in [6, 6.07) is 9.49. The van der Waals surface area contributed by atoms with Gasteiger partial charge in [0, 0.05) is 32.9 Å². The quantitative estimate of drug-likeness (QED) is 0.695.